The summed E-state index contributed by atoms with van der Waals surface area (Å²) < 4.78 is 27.8. The van der Waals surface area contributed by atoms with Gasteiger partial charge in [-0.1, -0.05) is 49.2 Å². The fraction of sp³-hybridized carbons (Fsp3) is 0.286. The van der Waals surface area contributed by atoms with Crippen LogP contribution in [-0.2, 0) is 9.59 Å². The number of hydrogen-bond donors (Lipinski definition) is 2. The molecule has 3 amide bonds. The Morgan fingerprint density at radius 2 is 1.52 bits per heavy atom. The monoisotopic (exact) mass is 471 g/mol. The van der Waals surface area contributed by atoms with E-state index in [1.165, 1.54) is 7.05 Å². The molecule has 0 aliphatic carbocycles. The summed E-state index contributed by atoms with van der Waals surface area (Å²) >= 11 is 12.0. The number of carbonyl (C=O) groups excluding carboxylic acids is 3. The molecule has 10 heteroatoms. The fourth-order valence-electron chi connectivity index (χ4n) is 2.77. The zero-order valence-electron chi connectivity index (χ0n) is 17.0. The van der Waals surface area contributed by atoms with Gasteiger partial charge in [0, 0.05) is 7.05 Å². The molecule has 166 valence electrons. The summed E-state index contributed by atoms with van der Waals surface area (Å²) in [6, 6.07) is 6.61. The summed E-state index contributed by atoms with van der Waals surface area (Å²) in [6.07, 6.45) is 0. The summed E-state index contributed by atoms with van der Waals surface area (Å²) in [5, 5.41) is 5.34. The van der Waals surface area contributed by atoms with Crippen LogP contribution in [0.5, 0.6) is 0 Å². The largest absolute Gasteiger partial charge is 0.340 e. The number of para-hydroxylation sites is 1. The standard InChI is InChI=1S/C21H21Cl2F2N3O3/c1-11(2)18(27-20(30)17-14(24)8-5-9-15(17)25)21(31)28(3)10-16(29)26-19-12(22)6-4-7-13(19)23/h4-9,11,18H,10H2,1-3H3,(H,26,29)(H,27,30). The normalized spacial score (nSPS) is 11.7. The Morgan fingerprint density at radius 3 is 2.03 bits per heavy atom. The maximum atomic E-state index is 13.9. The van der Waals surface area contributed by atoms with E-state index in [4.69, 9.17) is 23.2 Å². The lowest BCUT2D eigenvalue weighted by molar-refractivity contribution is -0.135. The second kappa shape index (κ2) is 10.5. The second-order valence-corrected chi connectivity index (χ2v) is 7.95. The van der Waals surface area contributed by atoms with Gasteiger partial charge in [0.1, 0.15) is 23.2 Å². The molecule has 0 heterocycles. The maximum absolute atomic E-state index is 13.9. The lowest BCUT2D eigenvalue weighted by Gasteiger charge is -2.27. The molecule has 0 bridgehead atoms. The van der Waals surface area contributed by atoms with E-state index in [2.05, 4.69) is 10.6 Å². The summed E-state index contributed by atoms with van der Waals surface area (Å²) in [5.74, 6) is -4.76. The van der Waals surface area contributed by atoms with E-state index in [9.17, 15) is 23.2 Å². The van der Waals surface area contributed by atoms with Crippen molar-refractivity contribution in [2.45, 2.75) is 19.9 Å². The number of halogens is 4. The van der Waals surface area contributed by atoms with Crippen LogP contribution in [0.25, 0.3) is 0 Å². The van der Waals surface area contributed by atoms with Crippen LogP contribution in [0.4, 0.5) is 14.5 Å². The fourth-order valence-corrected chi connectivity index (χ4v) is 3.26. The molecule has 1 atom stereocenters. The first-order valence-corrected chi connectivity index (χ1v) is 10.0. The highest BCUT2D eigenvalue weighted by atomic mass is 35.5. The number of nitrogens with one attached hydrogen (secondary N) is 2. The molecule has 0 aromatic heterocycles. The highest BCUT2D eigenvalue weighted by Gasteiger charge is 2.30. The van der Waals surface area contributed by atoms with Crippen molar-refractivity contribution in [1.29, 1.82) is 0 Å². The van der Waals surface area contributed by atoms with Crippen LogP contribution in [-0.4, -0.2) is 42.3 Å². The number of carbonyl (C=O) groups is 3. The van der Waals surface area contributed by atoms with Gasteiger partial charge in [-0.2, -0.15) is 0 Å². The van der Waals surface area contributed by atoms with Crippen LogP contribution in [0, 0.1) is 17.6 Å². The van der Waals surface area contributed by atoms with Gasteiger partial charge in [-0.05, 0) is 30.2 Å². The van der Waals surface area contributed by atoms with Crippen LogP contribution in [0.2, 0.25) is 10.0 Å². The lowest BCUT2D eigenvalue weighted by Crippen LogP contribution is -2.51. The maximum Gasteiger partial charge on any atom is 0.257 e. The van der Waals surface area contributed by atoms with E-state index in [-0.39, 0.29) is 22.3 Å². The number of hydrogen-bond acceptors (Lipinski definition) is 3. The minimum absolute atomic E-state index is 0.209. The molecule has 0 fully saturated rings. The molecule has 0 aliphatic rings. The Labute approximate surface area is 188 Å². The SMILES string of the molecule is CC(C)C(NC(=O)c1c(F)cccc1F)C(=O)N(C)CC(=O)Nc1c(Cl)cccc1Cl. The van der Waals surface area contributed by atoms with E-state index in [0.29, 0.717) is 0 Å². The number of anilines is 1. The van der Waals surface area contributed by atoms with Gasteiger partial charge in [-0.25, -0.2) is 8.78 Å². The van der Waals surface area contributed by atoms with Crippen LogP contribution in [0.1, 0.15) is 24.2 Å². The van der Waals surface area contributed by atoms with E-state index < -0.39 is 46.9 Å². The number of likely N-dealkylation sites (N-methyl/N-ethyl adjacent to an activating group) is 1. The molecular weight excluding hydrogens is 451 g/mol. The summed E-state index contributed by atoms with van der Waals surface area (Å²) in [7, 11) is 1.36. The predicted molar refractivity (Wildman–Crippen MR) is 115 cm³/mol. The van der Waals surface area contributed by atoms with Gasteiger partial charge in [0.25, 0.3) is 5.91 Å². The van der Waals surface area contributed by atoms with Gasteiger partial charge < -0.3 is 15.5 Å². The summed E-state index contributed by atoms with van der Waals surface area (Å²) in [5.41, 5.74) is -0.574. The zero-order chi connectivity index (χ0) is 23.3. The van der Waals surface area contributed by atoms with Gasteiger partial charge in [0.2, 0.25) is 11.8 Å². The summed E-state index contributed by atoms with van der Waals surface area (Å²) in [4.78, 5) is 38.7. The van der Waals surface area contributed by atoms with Gasteiger partial charge in [-0.3, -0.25) is 14.4 Å². The highest BCUT2D eigenvalue weighted by Crippen LogP contribution is 2.29. The van der Waals surface area contributed by atoms with Crippen LogP contribution >= 0.6 is 23.2 Å². The first-order valence-electron chi connectivity index (χ1n) is 9.26. The van der Waals surface area contributed by atoms with Crippen LogP contribution in [0.15, 0.2) is 36.4 Å². The van der Waals surface area contributed by atoms with Crippen molar-refractivity contribution >= 4 is 46.6 Å². The highest BCUT2D eigenvalue weighted by molar-refractivity contribution is 6.39. The van der Waals surface area contributed by atoms with Gasteiger partial charge in [0.05, 0.1) is 22.3 Å². The average Bonchev–Trinajstić information content (AvgIpc) is 2.68. The Hall–Kier alpha value is -2.71. The quantitative estimate of drug-likeness (QED) is 0.637. The minimum Gasteiger partial charge on any atom is -0.340 e. The Kier molecular flexibility index (Phi) is 8.36. The molecule has 2 N–H and O–H groups in total. The summed E-state index contributed by atoms with van der Waals surface area (Å²) in [6.45, 7) is 2.93. The molecule has 2 rings (SSSR count). The minimum atomic E-state index is -1.12. The smallest absolute Gasteiger partial charge is 0.257 e. The topological polar surface area (TPSA) is 78.5 Å². The van der Waals surface area contributed by atoms with Crippen molar-refractivity contribution in [2.75, 3.05) is 18.9 Å². The van der Waals surface area contributed by atoms with Gasteiger partial charge >= 0.3 is 0 Å². The first-order chi connectivity index (χ1) is 14.5. The van der Waals surface area contributed by atoms with Crippen LogP contribution < -0.4 is 10.6 Å². The van der Waals surface area contributed by atoms with E-state index in [0.717, 1.165) is 23.1 Å². The molecular formula is C21H21Cl2F2N3O3. The number of benzene rings is 2. The third-order valence-electron chi connectivity index (χ3n) is 4.39. The molecule has 2 aromatic carbocycles. The van der Waals surface area contributed by atoms with Gasteiger partial charge in [-0.15, -0.1) is 0 Å². The molecule has 31 heavy (non-hydrogen) atoms. The second-order valence-electron chi connectivity index (χ2n) is 7.13. The molecule has 0 saturated carbocycles. The van der Waals surface area contributed by atoms with Crippen molar-refractivity contribution in [3.8, 4) is 0 Å². The van der Waals surface area contributed by atoms with Crippen molar-refractivity contribution < 1.29 is 23.2 Å². The third-order valence-corrected chi connectivity index (χ3v) is 5.02. The van der Waals surface area contributed by atoms with Crippen molar-refractivity contribution in [1.82, 2.24) is 10.2 Å². The Morgan fingerprint density at radius 1 is 1.00 bits per heavy atom. The van der Waals surface area contributed by atoms with Crippen molar-refractivity contribution in [3.63, 3.8) is 0 Å². The Balaban J connectivity index is 2.10. The van der Waals surface area contributed by atoms with Gasteiger partial charge in [0.15, 0.2) is 0 Å². The third kappa shape index (κ3) is 6.15. The Bertz CT molecular complexity index is 961. The number of amides is 3. The number of nitrogens with zero attached hydrogens (tertiary/aromatic N) is 1. The van der Waals surface area contributed by atoms with E-state index in [1.54, 1.807) is 32.0 Å². The molecule has 6 nitrogen and oxygen atoms in total. The first kappa shape index (κ1) is 24.6. The van der Waals surface area contributed by atoms with Crippen molar-refractivity contribution in [2.24, 2.45) is 5.92 Å². The zero-order valence-corrected chi connectivity index (χ0v) is 18.5. The molecule has 0 saturated heterocycles. The molecule has 1 unspecified atom stereocenters. The molecule has 0 spiro atoms. The van der Waals surface area contributed by atoms with Crippen molar-refractivity contribution in [3.05, 3.63) is 63.6 Å². The molecule has 0 radical (unpaired) electrons. The predicted octanol–water partition coefficient (Wildman–Crippen LogP) is 4.12. The molecule has 2 aromatic rings. The van der Waals surface area contributed by atoms with E-state index >= 15 is 0 Å². The lowest BCUT2D eigenvalue weighted by atomic mass is 10.0. The average molecular weight is 472 g/mol. The van der Waals surface area contributed by atoms with Crippen LogP contribution in [0.3, 0.4) is 0 Å². The molecule has 0 aliphatic heterocycles. The number of rotatable bonds is 7. The van der Waals surface area contributed by atoms with E-state index in [1.807, 2.05) is 0 Å².